The molecule has 1 aliphatic rings. The number of ether oxygens (including phenoxy) is 1. The molecule has 1 unspecified atom stereocenters. The molecule has 0 amide bonds. The highest BCUT2D eigenvalue weighted by Gasteiger charge is 2.17. The average Bonchev–Trinajstić information content (AvgIpc) is 2.75. The first-order valence-electron chi connectivity index (χ1n) is 6.02. The summed E-state index contributed by atoms with van der Waals surface area (Å²) in [5.74, 6) is 1.45. The van der Waals surface area contributed by atoms with E-state index in [0.29, 0.717) is 12.3 Å². The normalized spacial score (nSPS) is 21.0. The molecule has 1 aromatic heterocycles. The van der Waals surface area contributed by atoms with Crippen molar-refractivity contribution in [1.82, 2.24) is 20.4 Å². The van der Waals surface area contributed by atoms with Crippen LogP contribution in [0.25, 0.3) is 0 Å². The van der Waals surface area contributed by atoms with Crippen LogP contribution in [0.15, 0.2) is 4.52 Å². The Morgan fingerprint density at radius 2 is 2.35 bits per heavy atom. The summed E-state index contributed by atoms with van der Waals surface area (Å²) in [5, 5.41) is 7.25. The van der Waals surface area contributed by atoms with Crippen LogP contribution in [-0.4, -0.2) is 61.5 Å². The number of nitrogens with one attached hydrogen (secondary N) is 1. The van der Waals surface area contributed by atoms with Gasteiger partial charge in [0.1, 0.15) is 0 Å². The highest BCUT2D eigenvalue weighted by atomic mass is 16.5. The summed E-state index contributed by atoms with van der Waals surface area (Å²) < 4.78 is 10.8. The van der Waals surface area contributed by atoms with E-state index in [1.165, 1.54) is 0 Å². The van der Waals surface area contributed by atoms with Gasteiger partial charge < -0.3 is 19.5 Å². The van der Waals surface area contributed by atoms with Gasteiger partial charge in [-0.25, -0.2) is 0 Å². The van der Waals surface area contributed by atoms with Crippen LogP contribution in [-0.2, 0) is 17.6 Å². The van der Waals surface area contributed by atoms with Gasteiger partial charge in [-0.3, -0.25) is 0 Å². The van der Waals surface area contributed by atoms with Crippen molar-refractivity contribution in [2.24, 2.45) is 0 Å². The Bertz CT molecular complexity index is 334. The van der Waals surface area contributed by atoms with Gasteiger partial charge in [0.2, 0.25) is 5.89 Å². The molecule has 2 heterocycles. The lowest BCUT2D eigenvalue weighted by atomic mass is 10.2. The van der Waals surface area contributed by atoms with Crippen molar-refractivity contribution in [2.45, 2.75) is 18.9 Å². The Morgan fingerprint density at radius 1 is 1.47 bits per heavy atom. The van der Waals surface area contributed by atoms with Crippen molar-refractivity contribution in [1.29, 1.82) is 0 Å². The SMILES string of the molecule is CN(C)CCc1noc(CC2CNCCO2)n1. The summed E-state index contributed by atoms with van der Waals surface area (Å²) >= 11 is 0. The Labute approximate surface area is 101 Å². The van der Waals surface area contributed by atoms with E-state index < -0.39 is 0 Å². The summed E-state index contributed by atoms with van der Waals surface area (Å²) in [5.41, 5.74) is 0. The molecule has 6 heteroatoms. The average molecular weight is 240 g/mol. The van der Waals surface area contributed by atoms with Gasteiger partial charge in [-0.05, 0) is 14.1 Å². The number of hydrogen-bond acceptors (Lipinski definition) is 6. The summed E-state index contributed by atoms with van der Waals surface area (Å²) in [4.78, 5) is 6.47. The molecule has 0 aromatic carbocycles. The molecule has 0 bridgehead atoms. The van der Waals surface area contributed by atoms with Crippen LogP contribution in [0.3, 0.4) is 0 Å². The molecule has 2 rings (SSSR count). The zero-order valence-corrected chi connectivity index (χ0v) is 10.5. The fourth-order valence-electron chi connectivity index (χ4n) is 1.74. The second kappa shape index (κ2) is 6.09. The van der Waals surface area contributed by atoms with Crippen molar-refractivity contribution >= 4 is 0 Å². The largest absolute Gasteiger partial charge is 0.375 e. The molecule has 0 aliphatic carbocycles. The molecule has 6 nitrogen and oxygen atoms in total. The maximum atomic E-state index is 5.59. The fraction of sp³-hybridized carbons (Fsp3) is 0.818. The third-order valence-electron chi connectivity index (χ3n) is 2.70. The first-order chi connectivity index (χ1) is 8.24. The highest BCUT2D eigenvalue weighted by molar-refractivity contribution is 4.90. The van der Waals surface area contributed by atoms with Gasteiger partial charge in [-0.1, -0.05) is 5.16 Å². The van der Waals surface area contributed by atoms with Gasteiger partial charge in [0.05, 0.1) is 19.1 Å². The second-order valence-corrected chi connectivity index (χ2v) is 4.56. The standard InChI is InChI=1S/C11H20N4O2/c1-15(2)5-3-10-13-11(17-14-10)7-9-8-12-4-6-16-9/h9,12H,3-8H2,1-2H3. The zero-order valence-electron chi connectivity index (χ0n) is 10.5. The molecule has 96 valence electrons. The third-order valence-corrected chi connectivity index (χ3v) is 2.70. The Hall–Kier alpha value is -0.980. The zero-order chi connectivity index (χ0) is 12.1. The number of morpholine rings is 1. The van der Waals surface area contributed by atoms with Gasteiger partial charge in [-0.15, -0.1) is 0 Å². The Balaban J connectivity index is 1.80. The molecule has 17 heavy (non-hydrogen) atoms. The molecule has 1 aromatic rings. The molecule has 1 fully saturated rings. The summed E-state index contributed by atoms with van der Waals surface area (Å²) in [6.45, 7) is 3.47. The van der Waals surface area contributed by atoms with Gasteiger partial charge in [0.15, 0.2) is 5.82 Å². The molecule has 1 aliphatic heterocycles. The van der Waals surface area contributed by atoms with Crippen molar-refractivity contribution < 1.29 is 9.26 Å². The van der Waals surface area contributed by atoms with Crippen LogP contribution in [0.2, 0.25) is 0 Å². The van der Waals surface area contributed by atoms with E-state index in [4.69, 9.17) is 9.26 Å². The molecule has 0 saturated carbocycles. The maximum Gasteiger partial charge on any atom is 0.229 e. The molecule has 0 spiro atoms. The van der Waals surface area contributed by atoms with Crippen LogP contribution in [0, 0.1) is 0 Å². The lowest BCUT2D eigenvalue weighted by molar-refractivity contribution is 0.0246. The lowest BCUT2D eigenvalue weighted by Crippen LogP contribution is -2.39. The molecule has 1 atom stereocenters. The van der Waals surface area contributed by atoms with Crippen LogP contribution < -0.4 is 5.32 Å². The van der Waals surface area contributed by atoms with Gasteiger partial charge in [0, 0.05) is 26.1 Å². The van der Waals surface area contributed by atoms with E-state index >= 15 is 0 Å². The summed E-state index contributed by atoms with van der Waals surface area (Å²) in [6.07, 6.45) is 1.67. The Morgan fingerprint density at radius 3 is 3.06 bits per heavy atom. The maximum absolute atomic E-state index is 5.59. The number of hydrogen-bond donors (Lipinski definition) is 1. The molecule has 1 saturated heterocycles. The van der Waals surface area contributed by atoms with Crippen molar-refractivity contribution in [2.75, 3.05) is 40.3 Å². The van der Waals surface area contributed by atoms with Crippen molar-refractivity contribution in [3.63, 3.8) is 0 Å². The van der Waals surface area contributed by atoms with E-state index in [9.17, 15) is 0 Å². The minimum absolute atomic E-state index is 0.158. The first kappa shape index (κ1) is 12.5. The fourth-order valence-corrected chi connectivity index (χ4v) is 1.74. The van der Waals surface area contributed by atoms with E-state index in [1.807, 2.05) is 14.1 Å². The number of likely N-dealkylation sites (N-methyl/N-ethyl adjacent to an activating group) is 1. The molecule has 0 radical (unpaired) electrons. The second-order valence-electron chi connectivity index (χ2n) is 4.56. The minimum Gasteiger partial charge on any atom is -0.375 e. The molecular formula is C11H20N4O2. The van der Waals surface area contributed by atoms with Crippen LogP contribution in [0.4, 0.5) is 0 Å². The van der Waals surface area contributed by atoms with E-state index in [2.05, 4.69) is 20.4 Å². The van der Waals surface area contributed by atoms with Gasteiger partial charge in [-0.2, -0.15) is 4.98 Å². The van der Waals surface area contributed by atoms with E-state index in [0.717, 1.165) is 38.5 Å². The van der Waals surface area contributed by atoms with Crippen LogP contribution >= 0.6 is 0 Å². The van der Waals surface area contributed by atoms with E-state index in [1.54, 1.807) is 0 Å². The number of nitrogens with zero attached hydrogens (tertiary/aromatic N) is 3. The third kappa shape index (κ3) is 4.07. The minimum atomic E-state index is 0.158. The highest BCUT2D eigenvalue weighted by Crippen LogP contribution is 2.06. The molecular weight excluding hydrogens is 220 g/mol. The van der Waals surface area contributed by atoms with Crippen molar-refractivity contribution in [3.8, 4) is 0 Å². The predicted octanol–water partition coefficient (Wildman–Crippen LogP) is -0.295. The number of rotatable bonds is 5. The summed E-state index contributed by atoms with van der Waals surface area (Å²) in [7, 11) is 4.06. The smallest absolute Gasteiger partial charge is 0.229 e. The lowest BCUT2D eigenvalue weighted by Gasteiger charge is -2.21. The topological polar surface area (TPSA) is 63.4 Å². The first-order valence-corrected chi connectivity index (χ1v) is 6.02. The van der Waals surface area contributed by atoms with E-state index in [-0.39, 0.29) is 6.10 Å². The summed E-state index contributed by atoms with van der Waals surface area (Å²) in [6, 6.07) is 0. The predicted molar refractivity (Wildman–Crippen MR) is 62.9 cm³/mol. The quantitative estimate of drug-likeness (QED) is 0.762. The monoisotopic (exact) mass is 240 g/mol. The van der Waals surface area contributed by atoms with Crippen LogP contribution in [0.1, 0.15) is 11.7 Å². The van der Waals surface area contributed by atoms with Crippen molar-refractivity contribution in [3.05, 3.63) is 11.7 Å². The van der Waals surface area contributed by atoms with Crippen LogP contribution in [0.5, 0.6) is 0 Å². The Kier molecular flexibility index (Phi) is 4.47. The van der Waals surface area contributed by atoms with Gasteiger partial charge >= 0.3 is 0 Å². The number of aromatic nitrogens is 2. The van der Waals surface area contributed by atoms with Gasteiger partial charge in [0.25, 0.3) is 0 Å². The molecule has 1 N–H and O–H groups in total.